The number of pyridine rings is 1. The second-order valence-corrected chi connectivity index (χ2v) is 5.35. The molecule has 1 saturated heterocycles. The maximum absolute atomic E-state index is 12.1. The number of carbonyl (C=O) groups excluding carboxylic acids is 1. The highest BCUT2D eigenvalue weighted by Gasteiger charge is 2.31. The molecule has 0 spiro atoms. The van der Waals surface area contributed by atoms with Gasteiger partial charge in [-0.2, -0.15) is 0 Å². The maximum Gasteiger partial charge on any atom is 0.338 e. The van der Waals surface area contributed by atoms with Gasteiger partial charge in [0.15, 0.2) is 0 Å². The van der Waals surface area contributed by atoms with Crippen LogP contribution in [0.5, 0.6) is 0 Å². The third-order valence-corrected chi connectivity index (χ3v) is 3.74. The van der Waals surface area contributed by atoms with Crippen LogP contribution in [0.4, 0.5) is 0 Å². The van der Waals surface area contributed by atoms with Crippen molar-refractivity contribution in [1.29, 1.82) is 0 Å². The largest absolute Gasteiger partial charge is 0.480 e. The van der Waals surface area contributed by atoms with E-state index in [0.717, 1.165) is 11.3 Å². The number of esters is 1. The van der Waals surface area contributed by atoms with Crippen LogP contribution in [0.3, 0.4) is 0 Å². The zero-order valence-electron chi connectivity index (χ0n) is 12.3. The maximum atomic E-state index is 12.1. The molecule has 2 N–H and O–H groups in total. The van der Waals surface area contributed by atoms with Gasteiger partial charge in [-0.15, -0.1) is 0 Å². The standard InChI is InChI=1S/C17H16N2O4/c20-16(21)15-9-13(10-19-15)23-17(22)12-6-4-11(5-7-12)14-3-1-2-8-18-14/h1-8,13,15,19H,9-10H2,(H,20,21)/t13-,15-/m0/s1. The molecule has 0 unspecified atom stereocenters. The Morgan fingerprint density at radius 1 is 1.17 bits per heavy atom. The molecule has 0 aliphatic carbocycles. The Morgan fingerprint density at radius 3 is 2.57 bits per heavy atom. The van der Waals surface area contributed by atoms with E-state index < -0.39 is 24.1 Å². The molecule has 2 atom stereocenters. The minimum Gasteiger partial charge on any atom is -0.480 e. The first-order valence-electron chi connectivity index (χ1n) is 7.32. The molecule has 1 aliphatic rings. The van der Waals surface area contributed by atoms with Crippen LogP contribution in [0.1, 0.15) is 16.8 Å². The SMILES string of the molecule is O=C(O[C@@H]1CN[C@H](C(=O)O)C1)c1ccc(-c2ccccn2)cc1. The van der Waals surface area contributed by atoms with Crippen molar-refractivity contribution in [2.24, 2.45) is 0 Å². The highest BCUT2D eigenvalue weighted by Crippen LogP contribution is 2.18. The number of aliphatic carboxylic acids is 1. The van der Waals surface area contributed by atoms with E-state index in [1.807, 2.05) is 30.3 Å². The summed E-state index contributed by atoms with van der Waals surface area (Å²) in [4.78, 5) is 27.2. The van der Waals surface area contributed by atoms with Gasteiger partial charge in [0.25, 0.3) is 0 Å². The van der Waals surface area contributed by atoms with Crippen LogP contribution in [-0.4, -0.2) is 40.7 Å². The number of benzene rings is 1. The van der Waals surface area contributed by atoms with E-state index in [1.54, 1.807) is 18.3 Å². The van der Waals surface area contributed by atoms with E-state index in [4.69, 9.17) is 9.84 Å². The molecular weight excluding hydrogens is 296 g/mol. The molecule has 1 aromatic carbocycles. The summed E-state index contributed by atoms with van der Waals surface area (Å²) in [6.45, 7) is 0.356. The van der Waals surface area contributed by atoms with Gasteiger partial charge in [0.05, 0.1) is 11.3 Å². The lowest BCUT2D eigenvalue weighted by Crippen LogP contribution is -2.30. The monoisotopic (exact) mass is 312 g/mol. The molecule has 2 aromatic rings. The molecule has 118 valence electrons. The molecule has 3 rings (SSSR count). The van der Waals surface area contributed by atoms with Crippen molar-refractivity contribution < 1.29 is 19.4 Å². The predicted molar refractivity (Wildman–Crippen MR) is 82.9 cm³/mol. The van der Waals surface area contributed by atoms with Crippen LogP contribution in [0.15, 0.2) is 48.7 Å². The van der Waals surface area contributed by atoms with Gasteiger partial charge < -0.3 is 15.2 Å². The molecule has 0 bridgehead atoms. The number of rotatable bonds is 4. The summed E-state index contributed by atoms with van der Waals surface area (Å²) >= 11 is 0. The van der Waals surface area contributed by atoms with Crippen molar-refractivity contribution >= 4 is 11.9 Å². The smallest absolute Gasteiger partial charge is 0.338 e. The Kier molecular flexibility index (Phi) is 4.34. The Balaban J connectivity index is 1.63. The lowest BCUT2D eigenvalue weighted by molar-refractivity contribution is -0.139. The number of ether oxygens (including phenoxy) is 1. The zero-order chi connectivity index (χ0) is 16.2. The molecule has 0 radical (unpaired) electrons. The highest BCUT2D eigenvalue weighted by atomic mass is 16.5. The number of carbonyl (C=O) groups is 2. The predicted octanol–water partition coefficient (Wildman–Crippen LogP) is 1.72. The van der Waals surface area contributed by atoms with Crippen LogP contribution in [-0.2, 0) is 9.53 Å². The van der Waals surface area contributed by atoms with E-state index in [0.29, 0.717) is 12.1 Å². The van der Waals surface area contributed by atoms with E-state index in [1.165, 1.54) is 0 Å². The van der Waals surface area contributed by atoms with Gasteiger partial charge in [-0.25, -0.2) is 4.79 Å². The molecule has 6 nitrogen and oxygen atoms in total. The van der Waals surface area contributed by atoms with Crippen molar-refractivity contribution in [2.75, 3.05) is 6.54 Å². The average molecular weight is 312 g/mol. The average Bonchev–Trinajstić information content (AvgIpc) is 3.04. The van der Waals surface area contributed by atoms with Gasteiger partial charge in [-0.3, -0.25) is 9.78 Å². The number of carboxylic acids is 1. The summed E-state index contributed by atoms with van der Waals surface area (Å²) in [6, 6.07) is 12.0. The van der Waals surface area contributed by atoms with Crippen LogP contribution >= 0.6 is 0 Å². The summed E-state index contributed by atoms with van der Waals surface area (Å²) in [5, 5.41) is 11.7. The van der Waals surface area contributed by atoms with E-state index in [2.05, 4.69) is 10.3 Å². The van der Waals surface area contributed by atoms with Gasteiger partial charge >= 0.3 is 11.9 Å². The number of nitrogens with one attached hydrogen (secondary N) is 1. The first-order valence-corrected chi connectivity index (χ1v) is 7.32. The van der Waals surface area contributed by atoms with Crippen LogP contribution in [0.25, 0.3) is 11.3 Å². The third-order valence-electron chi connectivity index (χ3n) is 3.74. The molecule has 6 heteroatoms. The first kappa shape index (κ1) is 15.2. The lowest BCUT2D eigenvalue weighted by Gasteiger charge is -2.11. The summed E-state index contributed by atoms with van der Waals surface area (Å²) in [6.07, 6.45) is 1.58. The summed E-state index contributed by atoms with van der Waals surface area (Å²) in [5.41, 5.74) is 2.18. The molecule has 2 heterocycles. The fraction of sp³-hybridized carbons (Fsp3) is 0.235. The number of carboxylic acid groups (broad SMARTS) is 1. The number of hydrogen-bond donors (Lipinski definition) is 2. The van der Waals surface area contributed by atoms with Crippen molar-refractivity contribution in [3.8, 4) is 11.3 Å². The third kappa shape index (κ3) is 3.54. The second-order valence-electron chi connectivity index (χ2n) is 5.35. The molecule has 1 aromatic heterocycles. The molecule has 0 amide bonds. The minimum absolute atomic E-state index is 0.285. The van der Waals surface area contributed by atoms with Gasteiger partial charge in [-0.1, -0.05) is 18.2 Å². The van der Waals surface area contributed by atoms with Crippen molar-refractivity contribution in [2.45, 2.75) is 18.6 Å². The van der Waals surface area contributed by atoms with Crippen molar-refractivity contribution in [3.05, 3.63) is 54.2 Å². The molecule has 23 heavy (non-hydrogen) atoms. The van der Waals surface area contributed by atoms with Gasteiger partial charge in [0.2, 0.25) is 0 Å². The first-order chi connectivity index (χ1) is 11.1. The van der Waals surface area contributed by atoms with Gasteiger partial charge in [-0.05, 0) is 24.3 Å². The van der Waals surface area contributed by atoms with E-state index >= 15 is 0 Å². The topological polar surface area (TPSA) is 88.5 Å². The quantitative estimate of drug-likeness (QED) is 0.836. The fourth-order valence-electron chi connectivity index (χ4n) is 2.51. The molecule has 1 aliphatic heterocycles. The van der Waals surface area contributed by atoms with Crippen molar-refractivity contribution in [1.82, 2.24) is 10.3 Å². The Hall–Kier alpha value is -2.73. The molecule has 1 fully saturated rings. The molecular formula is C17H16N2O4. The second kappa shape index (κ2) is 6.58. The van der Waals surface area contributed by atoms with Gasteiger partial charge in [0.1, 0.15) is 12.1 Å². The van der Waals surface area contributed by atoms with E-state index in [9.17, 15) is 9.59 Å². The Bertz CT molecular complexity index is 700. The zero-order valence-corrected chi connectivity index (χ0v) is 12.3. The Labute approximate surface area is 133 Å². The highest BCUT2D eigenvalue weighted by molar-refractivity contribution is 5.90. The number of hydrogen-bond acceptors (Lipinski definition) is 5. The summed E-state index contributed by atoms with van der Waals surface area (Å²) in [7, 11) is 0. The normalized spacial score (nSPS) is 20.2. The number of nitrogens with zero attached hydrogens (tertiary/aromatic N) is 1. The summed E-state index contributed by atoms with van der Waals surface area (Å²) in [5.74, 6) is -1.38. The Morgan fingerprint density at radius 2 is 1.96 bits per heavy atom. The fourth-order valence-corrected chi connectivity index (χ4v) is 2.51. The van der Waals surface area contributed by atoms with E-state index in [-0.39, 0.29) is 6.42 Å². The minimum atomic E-state index is -0.928. The van der Waals surface area contributed by atoms with Crippen LogP contribution in [0.2, 0.25) is 0 Å². The summed E-state index contributed by atoms with van der Waals surface area (Å²) < 4.78 is 5.34. The number of aromatic nitrogens is 1. The lowest BCUT2D eigenvalue weighted by atomic mass is 10.1. The van der Waals surface area contributed by atoms with Crippen LogP contribution in [0, 0.1) is 0 Å². The van der Waals surface area contributed by atoms with Gasteiger partial charge in [0, 0.05) is 24.7 Å². The van der Waals surface area contributed by atoms with Crippen LogP contribution < -0.4 is 5.32 Å². The molecule has 0 saturated carbocycles. The van der Waals surface area contributed by atoms with Crippen molar-refractivity contribution in [3.63, 3.8) is 0 Å².